The molecule has 6 heteroatoms. The van der Waals surface area contributed by atoms with Gasteiger partial charge in [0, 0.05) is 24.1 Å². The molecule has 2 heterocycles. The molecule has 1 amide bonds. The summed E-state index contributed by atoms with van der Waals surface area (Å²) < 4.78 is 0. The van der Waals surface area contributed by atoms with Gasteiger partial charge in [-0.3, -0.25) is 9.89 Å². The van der Waals surface area contributed by atoms with Crippen molar-refractivity contribution in [2.75, 3.05) is 0 Å². The molecule has 0 aromatic carbocycles. The molecule has 0 aliphatic carbocycles. The van der Waals surface area contributed by atoms with Gasteiger partial charge in [-0.05, 0) is 26.8 Å². The number of aromatic nitrogens is 3. The van der Waals surface area contributed by atoms with Crippen molar-refractivity contribution in [2.24, 2.45) is 0 Å². The Balaban J connectivity index is 2.00. The first-order chi connectivity index (χ1) is 9.86. The molecule has 0 unspecified atom stereocenters. The number of carbonyl (C=O) groups is 1. The Labute approximate surface area is 129 Å². The van der Waals surface area contributed by atoms with Gasteiger partial charge in [0.05, 0.1) is 16.4 Å². The van der Waals surface area contributed by atoms with Gasteiger partial charge in [0.2, 0.25) is 0 Å². The van der Waals surface area contributed by atoms with Gasteiger partial charge in [0.15, 0.2) is 0 Å². The van der Waals surface area contributed by atoms with Crippen molar-refractivity contribution in [2.45, 2.75) is 53.0 Å². The van der Waals surface area contributed by atoms with E-state index in [4.69, 9.17) is 0 Å². The maximum atomic E-state index is 12.3. The van der Waals surface area contributed by atoms with Gasteiger partial charge in [-0.1, -0.05) is 13.8 Å². The maximum absolute atomic E-state index is 12.3. The van der Waals surface area contributed by atoms with E-state index < -0.39 is 0 Å². The van der Waals surface area contributed by atoms with Crippen LogP contribution in [0.5, 0.6) is 0 Å². The number of amides is 1. The summed E-state index contributed by atoms with van der Waals surface area (Å²) in [5, 5.41) is 11.1. The molecule has 21 heavy (non-hydrogen) atoms. The van der Waals surface area contributed by atoms with Crippen molar-refractivity contribution in [3.05, 3.63) is 33.0 Å². The van der Waals surface area contributed by atoms with Gasteiger partial charge in [0.25, 0.3) is 5.91 Å². The van der Waals surface area contributed by atoms with Crippen LogP contribution in [0, 0.1) is 13.8 Å². The van der Waals surface area contributed by atoms with Crippen molar-refractivity contribution in [3.8, 4) is 0 Å². The zero-order valence-corrected chi connectivity index (χ0v) is 14.0. The molecule has 0 aliphatic rings. The van der Waals surface area contributed by atoms with E-state index in [2.05, 4.69) is 34.3 Å². The number of thiazole rings is 1. The fraction of sp³-hybridized carbons (Fsp3) is 0.533. The topological polar surface area (TPSA) is 70.7 Å². The first-order valence-corrected chi connectivity index (χ1v) is 7.97. The molecule has 114 valence electrons. The summed E-state index contributed by atoms with van der Waals surface area (Å²) in [6, 6.07) is 2.03. The first kappa shape index (κ1) is 15.7. The Bertz CT molecular complexity index is 629. The standard InChI is InChI=1S/C15H22N4OS/c1-8(2)15-17-11(5)13(21-15)14(20)16-9(3)6-12-7-10(4)18-19-12/h7-9H,6H2,1-5H3,(H,16,20)(H,18,19)/t9-/m1/s1. The van der Waals surface area contributed by atoms with E-state index in [1.165, 1.54) is 11.3 Å². The highest BCUT2D eigenvalue weighted by molar-refractivity contribution is 7.13. The highest BCUT2D eigenvalue weighted by Gasteiger charge is 2.18. The largest absolute Gasteiger partial charge is 0.348 e. The molecular formula is C15H22N4OS. The quantitative estimate of drug-likeness (QED) is 0.892. The molecule has 2 rings (SSSR count). The second-order valence-corrected chi connectivity index (χ2v) is 6.77. The van der Waals surface area contributed by atoms with E-state index in [-0.39, 0.29) is 11.9 Å². The summed E-state index contributed by atoms with van der Waals surface area (Å²) >= 11 is 1.48. The number of H-pyrrole nitrogens is 1. The SMILES string of the molecule is Cc1cc(C[C@@H](C)NC(=O)c2sc(C(C)C)nc2C)n[nH]1. The monoisotopic (exact) mass is 306 g/mol. The molecule has 1 atom stereocenters. The summed E-state index contributed by atoms with van der Waals surface area (Å²) in [6.45, 7) is 10.0. The van der Waals surface area contributed by atoms with Crippen LogP contribution in [0.1, 0.15) is 58.5 Å². The molecule has 0 saturated carbocycles. The third-order valence-corrected chi connectivity index (χ3v) is 4.62. The van der Waals surface area contributed by atoms with Crippen molar-refractivity contribution in [1.82, 2.24) is 20.5 Å². The van der Waals surface area contributed by atoms with Gasteiger partial charge in [-0.2, -0.15) is 5.10 Å². The zero-order chi connectivity index (χ0) is 15.6. The normalized spacial score (nSPS) is 12.7. The number of nitrogens with one attached hydrogen (secondary N) is 2. The maximum Gasteiger partial charge on any atom is 0.263 e. The molecule has 2 aromatic rings. The van der Waals surface area contributed by atoms with E-state index in [1.807, 2.05) is 26.8 Å². The van der Waals surface area contributed by atoms with Gasteiger partial charge < -0.3 is 5.32 Å². The van der Waals surface area contributed by atoms with E-state index in [1.54, 1.807) is 0 Å². The minimum absolute atomic E-state index is 0.0317. The third kappa shape index (κ3) is 3.91. The number of rotatable bonds is 5. The van der Waals surface area contributed by atoms with Gasteiger partial charge in [0.1, 0.15) is 4.88 Å². The summed E-state index contributed by atoms with van der Waals surface area (Å²) in [7, 11) is 0. The first-order valence-electron chi connectivity index (χ1n) is 7.16. The lowest BCUT2D eigenvalue weighted by molar-refractivity contribution is 0.0943. The summed E-state index contributed by atoms with van der Waals surface area (Å²) in [5.74, 6) is 0.302. The Kier molecular flexibility index (Phi) is 4.77. The van der Waals surface area contributed by atoms with Crippen LogP contribution < -0.4 is 5.32 Å². The number of aryl methyl sites for hydroxylation is 2. The van der Waals surface area contributed by atoms with Crippen LogP contribution in [-0.4, -0.2) is 27.1 Å². The minimum atomic E-state index is -0.0448. The molecule has 0 radical (unpaired) electrons. The molecular weight excluding hydrogens is 284 g/mol. The Morgan fingerprint density at radius 3 is 2.62 bits per heavy atom. The minimum Gasteiger partial charge on any atom is -0.348 e. The van der Waals surface area contributed by atoms with Crippen LogP contribution in [0.3, 0.4) is 0 Å². The fourth-order valence-electron chi connectivity index (χ4n) is 2.11. The van der Waals surface area contributed by atoms with E-state index in [9.17, 15) is 4.79 Å². The predicted octanol–water partition coefficient (Wildman–Crippen LogP) is 2.97. The predicted molar refractivity (Wildman–Crippen MR) is 84.9 cm³/mol. The van der Waals surface area contributed by atoms with Crippen LogP contribution in [0.2, 0.25) is 0 Å². The number of hydrogen-bond acceptors (Lipinski definition) is 4. The van der Waals surface area contributed by atoms with Crippen molar-refractivity contribution in [1.29, 1.82) is 0 Å². The Hall–Kier alpha value is -1.69. The van der Waals surface area contributed by atoms with Crippen LogP contribution in [0.4, 0.5) is 0 Å². The Morgan fingerprint density at radius 2 is 2.10 bits per heavy atom. The van der Waals surface area contributed by atoms with E-state index in [0.29, 0.717) is 17.2 Å². The molecule has 5 nitrogen and oxygen atoms in total. The Morgan fingerprint density at radius 1 is 1.38 bits per heavy atom. The van der Waals surface area contributed by atoms with Crippen LogP contribution in [0.25, 0.3) is 0 Å². The average Bonchev–Trinajstić information content (AvgIpc) is 2.95. The smallest absolute Gasteiger partial charge is 0.263 e. The van der Waals surface area contributed by atoms with Crippen LogP contribution in [0.15, 0.2) is 6.07 Å². The highest BCUT2D eigenvalue weighted by Crippen LogP contribution is 2.24. The lowest BCUT2D eigenvalue weighted by Crippen LogP contribution is -2.34. The number of carbonyl (C=O) groups excluding carboxylic acids is 1. The zero-order valence-electron chi connectivity index (χ0n) is 13.2. The van der Waals surface area contributed by atoms with E-state index >= 15 is 0 Å². The molecule has 2 N–H and O–H groups in total. The average molecular weight is 306 g/mol. The van der Waals surface area contributed by atoms with Crippen molar-refractivity contribution < 1.29 is 4.79 Å². The summed E-state index contributed by atoms with van der Waals surface area (Å²) in [5.41, 5.74) is 2.80. The molecule has 0 spiro atoms. The molecule has 0 fully saturated rings. The fourth-order valence-corrected chi connectivity index (χ4v) is 3.08. The van der Waals surface area contributed by atoms with Crippen LogP contribution in [-0.2, 0) is 6.42 Å². The van der Waals surface area contributed by atoms with Crippen molar-refractivity contribution in [3.63, 3.8) is 0 Å². The second kappa shape index (κ2) is 6.39. The van der Waals surface area contributed by atoms with Gasteiger partial charge in [-0.15, -0.1) is 11.3 Å². The van der Waals surface area contributed by atoms with Gasteiger partial charge >= 0.3 is 0 Å². The molecule has 0 bridgehead atoms. The lowest BCUT2D eigenvalue weighted by Gasteiger charge is -2.11. The summed E-state index contributed by atoms with van der Waals surface area (Å²) in [6.07, 6.45) is 0.713. The van der Waals surface area contributed by atoms with Gasteiger partial charge in [-0.25, -0.2) is 4.98 Å². The summed E-state index contributed by atoms with van der Waals surface area (Å²) in [4.78, 5) is 17.5. The number of nitrogens with zero attached hydrogens (tertiary/aromatic N) is 2. The number of aromatic amines is 1. The third-order valence-electron chi connectivity index (χ3n) is 3.17. The molecule has 2 aromatic heterocycles. The van der Waals surface area contributed by atoms with Crippen molar-refractivity contribution >= 4 is 17.2 Å². The lowest BCUT2D eigenvalue weighted by atomic mass is 10.1. The molecule has 0 saturated heterocycles. The van der Waals surface area contributed by atoms with Crippen LogP contribution >= 0.6 is 11.3 Å². The van der Waals surface area contributed by atoms with E-state index in [0.717, 1.165) is 22.1 Å². The second-order valence-electron chi connectivity index (χ2n) is 5.74. The highest BCUT2D eigenvalue weighted by atomic mass is 32.1. The number of hydrogen-bond donors (Lipinski definition) is 2. The molecule has 0 aliphatic heterocycles.